The largest absolute Gasteiger partial charge is 0.396 e. The molecular weight excluding hydrogens is 190 g/mol. The average molecular weight is 208 g/mol. The number of hydrogen-bond acceptors (Lipinski definition) is 2. The summed E-state index contributed by atoms with van der Waals surface area (Å²) in [7, 11) is 0. The number of hydrogen-bond donors (Lipinski definition) is 1. The van der Waals surface area contributed by atoms with Crippen LogP contribution in [-0.4, -0.2) is 41.5 Å². The van der Waals surface area contributed by atoms with E-state index in [1.807, 2.05) is 0 Å². The van der Waals surface area contributed by atoms with Crippen molar-refractivity contribution in [2.24, 2.45) is 0 Å². The average Bonchev–Trinajstić information content (AvgIpc) is 2.17. The molecule has 0 aliphatic heterocycles. The summed E-state index contributed by atoms with van der Waals surface area (Å²) in [4.78, 5) is 13.0. The first-order valence-electron chi connectivity index (χ1n) is 4.70. The van der Waals surface area contributed by atoms with Crippen LogP contribution in [0.3, 0.4) is 0 Å². The van der Waals surface area contributed by atoms with Crippen molar-refractivity contribution in [2.75, 3.05) is 25.6 Å². The molecule has 0 bridgehead atoms. The van der Waals surface area contributed by atoms with Crippen molar-refractivity contribution in [1.29, 1.82) is 0 Å². The second-order valence-electron chi connectivity index (χ2n) is 2.95. The summed E-state index contributed by atoms with van der Waals surface area (Å²) in [5, 5.41) is 8.62. The molecule has 0 saturated heterocycles. The minimum atomic E-state index is -0.0384. The standard InChI is InChI=1S/C9H18ClNO2/c1-2-3-5-11(6-4-7-12)9(13)8-10/h12H,2-8H2,1H3. The van der Waals surface area contributed by atoms with Crippen molar-refractivity contribution >= 4 is 17.5 Å². The number of amides is 1. The fourth-order valence-corrected chi connectivity index (χ4v) is 1.23. The molecule has 0 aromatic rings. The van der Waals surface area contributed by atoms with Crippen LogP contribution in [0, 0.1) is 0 Å². The van der Waals surface area contributed by atoms with E-state index in [-0.39, 0.29) is 18.4 Å². The third kappa shape index (κ3) is 5.88. The van der Waals surface area contributed by atoms with Gasteiger partial charge in [-0.05, 0) is 12.8 Å². The van der Waals surface area contributed by atoms with E-state index in [1.54, 1.807) is 4.90 Å². The smallest absolute Gasteiger partial charge is 0.237 e. The third-order valence-corrected chi connectivity index (χ3v) is 2.06. The molecule has 0 heterocycles. The van der Waals surface area contributed by atoms with Gasteiger partial charge in [0.1, 0.15) is 5.88 Å². The lowest BCUT2D eigenvalue weighted by Crippen LogP contribution is -2.34. The molecular formula is C9H18ClNO2. The van der Waals surface area contributed by atoms with Crippen LogP contribution in [-0.2, 0) is 4.79 Å². The highest BCUT2D eigenvalue weighted by molar-refractivity contribution is 6.27. The molecule has 0 unspecified atom stereocenters. The first-order valence-corrected chi connectivity index (χ1v) is 5.24. The summed E-state index contributed by atoms with van der Waals surface area (Å²) in [6.07, 6.45) is 2.69. The fraction of sp³-hybridized carbons (Fsp3) is 0.889. The van der Waals surface area contributed by atoms with Crippen LogP contribution in [0.15, 0.2) is 0 Å². The number of aliphatic hydroxyl groups is 1. The van der Waals surface area contributed by atoms with Crippen molar-refractivity contribution in [2.45, 2.75) is 26.2 Å². The molecule has 1 N–H and O–H groups in total. The normalized spacial score (nSPS) is 10.1. The summed E-state index contributed by atoms with van der Waals surface area (Å²) >= 11 is 5.45. The lowest BCUT2D eigenvalue weighted by atomic mass is 10.3. The van der Waals surface area contributed by atoms with Crippen LogP contribution in [0.2, 0.25) is 0 Å². The lowest BCUT2D eigenvalue weighted by molar-refractivity contribution is -0.128. The third-order valence-electron chi connectivity index (χ3n) is 1.83. The Kier molecular flexibility index (Phi) is 8.14. The van der Waals surface area contributed by atoms with Crippen LogP contribution in [0.4, 0.5) is 0 Å². The Bertz CT molecular complexity index is 134. The molecule has 1 amide bonds. The highest BCUT2D eigenvalue weighted by atomic mass is 35.5. The number of rotatable bonds is 7. The van der Waals surface area contributed by atoms with E-state index in [9.17, 15) is 4.79 Å². The molecule has 0 aliphatic rings. The molecule has 13 heavy (non-hydrogen) atoms. The number of aliphatic hydroxyl groups excluding tert-OH is 1. The van der Waals surface area contributed by atoms with Gasteiger partial charge in [0.2, 0.25) is 5.91 Å². The predicted octanol–water partition coefficient (Wildman–Crippen LogP) is 1.24. The quantitative estimate of drug-likeness (QED) is 0.639. The number of alkyl halides is 1. The summed E-state index contributed by atoms with van der Waals surface area (Å²) in [5.74, 6) is -0.00152. The van der Waals surface area contributed by atoms with E-state index in [4.69, 9.17) is 16.7 Å². The Hall–Kier alpha value is -0.280. The zero-order valence-electron chi connectivity index (χ0n) is 8.13. The Morgan fingerprint density at radius 2 is 2.00 bits per heavy atom. The minimum absolute atomic E-state index is 0.0368. The molecule has 0 atom stereocenters. The van der Waals surface area contributed by atoms with Gasteiger partial charge in [-0.3, -0.25) is 4.79 Å². The van der Waals surface area contributed by atoms with Crippen LogP contribution < -0.4 is 0 Å². The van der Waals surface area contributed by atoms with Gasteiger partial charge in [-0.25, -0.2) is 0 Å². The van der Waals surface area contributed by atoms with Gasteiger partial charge in [0.05, 0.1) is 0 Å². The van der Waals surface area contributed by atoms with Crippen molar-refractivity contribution in [3.8, 4) is 0 Å². The maximum atomic E-state index is 11.2. The number of halogens is 1. The number of unbranched alkanes of at least 4 members (excludes halogenated alkanes) is 1. The Morgan fingerprint density at radius 1 is 1.38 bits per heavy atom. The molecule has 0 aromatic carbocycles. The molecule has 0 saturated carbocycles. The summed E-state index contributed by atoms with van der Waals surface area (Å²) in [6.45, 7) is 3.57. The summed E-state index contributed by atoms with van der Waals surface area (Å²) in [6, 6.07) is 0. The van der Waals surface area contributed by atoms with Crippen LogP contribution in [0.5, 0.6) is 0 Å². The molecule has 0 aromatic heterocycles. The van der Waals surface area contributed by atoms with Gasteiger partial charge >= 0.3 is 0 Å². The highest BCUT2D eigenvalue weighted by Crippen LogP contribution is 1.99. The molecule has 0 rings (SSSR count). The Balaban J connectivity index is 3.79. The Morgan fingerprint density at radius 3 is 2.46 bits per heavy atom. The van der Waals surface area contributed by atoms with E-state index < -0.39 is 0 Å². The maximum absolute atomic E-state index is 11.2. The van der Waals surface area contributed by atoms with Gasteiger partial charge in [0, 0.05) is 19.7 Å². The minimum Gasteiger partial charge on any atom is -0.396 e. The van der Waals surface area contributed by atoms with E-state index in [1.165, 1.54) is 0 Å². The molecule has 0 spiro atoms. The van der Waals surface area contributed by atoms with Gasteiger partial charge in [-0.1, -0.05) is 13.3 Å². The van der Waals surface area contributed by atoms with Gasteiger partial charge in [-0.15, -0.1) is 11.6 Å². The van der Waals surface area contributed by atoms with Gasteiger partial charge < -0.3 is 10.0 Å². The summed E-state index contributed by atoms with van der Waals surface area (Å²) < 4.78 is 0. The number of carbonyl (C=O) groups is 1. The zero-order valence-corrected chi connectivity index (χ0v) is 8.89. The number of nitrogens with zero attached hydrogens (tertiary/aromatic N) is 1. The van der Waals surface area contributed by atoms with Crippen LogP contribution in [0.25, 0.3) is 0 Å². The van der Waals surface area contributed by atoms with Crippen molar-refractivity contribution < 1.29 is 9.90 Å². The van der Waals surface area contributed by atoms with E-state index in [0.717, 1.165) is 19.4 Å². The van der Waals surface area contributed by atoms with Crippen LogP contribution in [0.1, 0.15) is 26.2 Å². The molecule has 0 aliphatic carbocycles. The zero-order chi connectivity index (χ0) is 10.1. The van der Waals surface area contributed by atoms with Gasteiger partial charge in [0.25, 0.3) is 0 Å². The first kappa shape index (κ1) is 12.7. The highest BCUT2D eigenvalue weighted by Gasteiger charge is 2.10. The van der Waals surface area contributed by atoms with E-state index in [2.05, 4.69) is 6.92 Å². The second kappa shape index (κ2) is 8.32. The topological polar surface area (TPSA) is 40.5 Å². The summed E-state index contributed by atoms with van der Waals surface area (Å²) in [5.41, 5.74) is 0. The SMILES string of the molecule is CCCCN(CCCO)C(=O)CCl. The van der Waals surface area contributed by atoms with Crippen molar-refractivity contribution in [3.05, 3.63) is 0 Å². The Labute approximate surface area is 84.7 Å². The maximum Gasteiger partial charge on any atom is 0.237 e. The van der Waals surface area contributed by atoms with Crippen LogP contribution >= 0.6 is 11.6 Å². The second-order valence-corrected chi connectivity index (χ2v) is 3.21. The fourth-order valence-electron chi connectivity index (χ4n) is 1.06. The molecule has 3 nitrogen and oxygen atoms in total. The lowest BCUT2D eigenvalue weighted by Gasteiger charge is -2.20. The van der Waals surface area contributed by atoms with Gasteiger partial charge in [0.15, 0.2) is 0 Å². The van der Waals surface area contributed by atoms with Gasteiger partial charge in [-0.2, -0.15) is 0 Å². The number of carbonyl (C=O) groups excluding carboxylic acids is 1. The molecule has 4 heteroatoms. The van der Waals surface area contributed by atoms with E-state index >= 15 is 0 Å². The predicted molar refractivity (Wildman–Crippen MR) is 53.9 cm³/mol. The van der Waals surface area contributed by atoms with E-state index in [0.29, 0.717) is 13.0 Å². The first-order chi connectivity index (χ1) is 6.26. The van der Waals surface area contributed by atoms with Crippen molar-refractivity contribution in [3.63, 3.8) is 0 Å². The molecule has 78 valence electrons. The molecule has 0 radical (unpaired) electrons. The molecule has 0 fully saturated rings. The monoisotopic (exact) mass is 207 g/mol. The van der Waals surface area contributed by atoms with Crippen molar-refractivity contribution in [1.82, 2.24) is 4.90 Å².